The molecule has 210 valence electrons. The maximum atomic E-state index is 11.6. The summed E-state index contributed by atoms with van der Waals surface area (Å²) >= 11 is 6.04. The summed E-state index contributed by atoms with van der Waals surface area (Å²) in [6.45, 7) is 6.11. The van der Waals surface area contributed by atoms with Gasteiger partial charge in [-0.15, -0.1) is 0 Å². The molecule has 0 bridgehead atoms. The zero-order chi connectivity index (χ0) is 28.3. The molecule has 0 radical (unpaired) electrons. The molecule has 5 rings (SSSR count). The monoisotopic (exact) mass is 559 g/mol. The lowest BCUT2D eigenvalue weighted by Gasteiger charge is -2.37. The number of ketones is 1. The maximum absolute atomic E-state index is 11.6. The Kier molecular flexibility index (Phi) is 10.6. The number of Topliss-reactive ketones (excluding diaryl/α,β-unsaturated/α-hetero) is 1. The van der Waals surface area contributed by atoms with Gasteiger partial charge in [0, 0.05) is 60.5 Å². The molecule has 0 amide bonds. The van der Waals surface area contributed by atoms with E-state index in [1.54, 1.807) is 13.1 Å². The van der Waals surface area contributed by atoms with Gasteiger partial charge in [0.15, 0.2) is 5.78 Å². The second kappa shape index (κ2) is 14.5. The molecule has 0 spiro atoms. The Morgan fingerprint density at radius 3 is 2.00 bits per heavy atom. The second-order valence-corrected chi connectivity index (χ2v) is 10.2. The van der Waals surface area contributed by atoms with Crippen molar-refractivity contribution in [3.63, 3.8) is 0 Å². The predicted octanol–water partition coefficient (Wildman–Crippen LogP) is 5.72. The highest BCUT2D eigenvalue weighted by atomic mass is 35.5. The minimum absolute atomic E-state index is 0.0173. The first-order valence-electron chi connectivity index (χ1n) is 13.7. The highest BCUT2D eigenvalue weighted by Crippen LogP contribution is 2.25. The van der Waals surface area contributed by atoms with Crippen molar-refractivity contribution in [3.05, 3.63) is 108 Å². The molecule has 3 aromatic carbocycles. The molecule has 8 heteroatoms. The first kappa shape index (κ1) is 29.2. The van der Waals surface area contributed by atoms with Gasteiger partial charge >= 0.3 is 0 Å². The van der Waals surface area contributed by atoms with Gasteiger partial charge in [0.25, 0.3) is 0 Å². The SMILES string of the molecule is CC(=O)c1ccc(N2CCN(c3ccc(OC(CCc4ccc(Cl)cc4)Cn4ccnc4)cc3)CC2)cc1.CN. The highest BCUT2D eigenvalue weighted by Gasteiger charge is 2.18. The van der Waals surface area contributed by atoms with E-state index >= 15 is 0 Å². The first-order valence-corrected chi connectivity index (χ1v) is 14.1. The van der Waals surface area contributed by atoms with Gasteiger partial charge in [-0.1, -0.05) is 23.7 Å². The van der Waals surface area contributed by atoms with Gasteiger partial charge in [-0.05, 0) is 93.0 Å². The summed E-state index contributed by atoms with van der Waals surface area (Å²) in [4.78, 5) is 20.5. The minimum Gasteiger partial charge on any atom is -0.489 e. The number of hydrogen-bond acceptors (Lipinski definition) is 6. The summed E-state index contributed by atoms with van der Waals surface area (Å²) in [6, 6.07) is 24.4. The van der Waals surface area contributed by atoms with Crippen molar-refractivity contribution in [2.24, 2.45) is 5.73 Å². The van der Waals surface area contributed by atoms with E-state index in [0.717, 1.165) is 61.9 Å². The molecule has 1 aliphatic rings. The van der Waals surface area contributed by atoms with Gasteiger partial charge in [0.1, 0.15) is 11.9 Å². The topological polar surface area (TPSA) is 76.6 Å². The number of halogens is 1. The largest absolute Gasteiger partial charge is 0.489 e. The molecule has 4 aromatic rings. The van der Waals surface area contributed by atoms with Gasteiger partial charge in [-0.2, -0.15) is 0 Å². The van der Waals surface area contributed by atoms with Gasteiger partial charge in [0.2, 0.25) is 0 Å². The van der Waals surface area contributed by atoms with Crippen LogP contribution in [0.1, 0.15) is 29.3 Å². The minimum atomic E-state index is 0.0173. The fourth-order valence-corrected chi connectivity index (χ4v) is 4.98. The number of ether oxygens (including phenoxy) is 1. The molecule has 1 unspecified atom stereocenters. The fraction of sp³-hybridized carbons (Fsp3) is 0.312. The van der Waals surface area contributed by atoms with Gasteiger partial charge in [0.05, 0.1) is 12.9 Å². The molecule has 2 N–H and O–H groups in total. The van der Waals surface area contributed by atoms with Crippen LogP contribution < -0.4 is 20.3 Å². The Bertz CT molecular complexity index is 1300. The van der Waals surface area contributed by atoms with E-state index in [9.17, 15) is 4.79 Å². The van der Waals surface area contributed by atoms with Crippen LogP contribution >= 0.6 is 11.6 Å². The van der Waals surface area contributed by atoms with Crippen LogP contribution in [0, 0.1) is 0 Å². The third-order valence-corrected chi connectivity index (χ3v) is 7.32. The van der Waals surface area contributed by atoms with Crippen molar-refractivity contribution >= 4 is 28.8 Å². The van der Waals surface area contributed by atoms with Gasteiger partial charge < -0.3 is 24.8 Å². The third kappa shape index (κ3) is 8.10. The van der Waals surface area contributed by atoms with Crippen LogP contribution in [-0.4, -0.2) is 54.7 Å². The van der Waals surface area contributed by atoms with E-state index in [2.05, 4.69) is 61.5 Å². The predicted molar refractivity (Wildman–Crippen MR) is 164 cm³/mol. The first-order chi connectivity index (χ1) is 19.5. The third-order valence-electron chi connectivity index (χ3n) is 7.07. The summed E-state index contributed by atoms with van der Waals surface area (Å²) in [5.41, 5.74) is 8.88. The molecule has 7 nitrogen and oxygen atoms in total. The molecule has 1 fully saturated rings. The normalized spacial score (nSPS) is 13.8. The quantitative estimate of drug-likeness (QED) is 0.250. The lowest BCUT2D eigenvalue weighted by atomic mass is 10.1. The zero-order valence-corrected chi connectivity index (χ0v) is 24.0. The van der Waals surface area contributed by atoms with E-state index in [0.29, 0.717) is 0 Å². The number of imidazole rings is 1. The average molecular weight is 560 g/mol. The van der Waals surface area contributed by atoms with E-state index in [1.807, 2.05) is 48.9 Å². The van der Waals surface area contributed by atoms with Gasteiger partial charge in [-0.25, -0.2) is 4.98 Å². The smallest absolute Gasteiger partial charge is 0.159 e. The summed E-state index contributed by atoms with van der Waals surface area (Å²) in [6.07, 6.45) is 7.42. The number of benzene rings is 3. The van der Waals surface area contributed by atoms with E-state index in [4.69, 9.17) is 16.3 Å². The number of aromatic nitrogens is 2. The van der Waals surface area contributed by atoms with E-state index in [1.165, 1.54) is 24.0 Å². The van der Waals surface area contributed by atoms with Crippen LogP contribution in [0.4, 0.5) is 11.4 Å². The standard InChI is InChI=1S/C31H33ClN4O2.CH5N/c1-24(37)26-5-9-28(10-6-26)35-18-20-36(21-19-35)29-11-14-30(15-12-29)38-31(22-34-17-16-33-23-34)13-4-25-2-7-27(32)8-3-25;1-2/h2-3,5-12,14-17,23,31H,4,13,18-22H2,1H3;2H2,1H3. The van der Waals surface area contributed by atoms with Crippen molar-refractivity contribution in [3.8, 4) is 5.75 Å². The summed E-state index contributed by atoms with van der Waals surface area (Å²) in [7, 11) is 1.50. The Morgan fingerprint density at radius 1 is 0.900 bits per heavy atom. The number of aryl methyl sites for hydroxylation is 1. The number of nitrogens with two attached hydrogens (primary N) is 1. The number of hydrogen-bond donors (Lipinski definition) is 1. The number of anilines is 2. The summed E-state index contributed by atoms with van der Waals surface area (Å²) in [5, 5.41) is 0.754. The van der Waals surface area contributed by atoms with Crippen molar-refractivity contribution in [1.29, 1.82) is 0 Å². The highest BCUT2D eigenvalue weighted by molar-refractivity contribution is 6.30. The van der Waals surface area contributed by atoms with Crippen molar-refractivity contribution in [2.45, 2.75) is 32.4 Å². The number of carbonyl (C=O) groups excluding carboxylic acids is 1. The van der Waals surface area contributed by atoms with Crippen LogP contribution in [0.5, 0.6) is 5.75 Å². The lowest BCUT2D eigenvalue weighted by molar-refractivity contribution is 0.101. The molecule has 1 saturated heterocycles. The molecular formula is C32H38ClN5O2. The molecular weight excluding hydrogens is 522 g/mol. The number of nitrogens with zero attached hydrogens (tertiary/aromatic N) is 4. The molecule has 0 aliphatic carbocycles. The van der Waals surface area contributed by atoms with Crippen LogP contribution in [0.2, 0.25) is 5.02 Å². The van der Waals surface area contributed by atoms with Crippen molar-refractivity contribution < 1.29 is 9.53 Å². The Hall–Kier alpha value is -3.81. The molecule has 40 heavy (non-hydrogen) atoms. The fourth-order valence-electron chi connectivity index (χ4n) is 4.85. The number of rotatable bonds is 10. The van der Waals surface area contributed by atoms with Crippen LogP contribution in [0.3, 0.4) is 0 Å². The second-order valence-electron chi connectivity index (χ2n) is 9.74. The van der Waals surface area contributed by atoms with Crippen LogP contribution in [-0.2, 0) is 13.0 Å². The zero-order valence-electron chi connectivity index (χ0n) is 23.2. The maximum Gasteiger partial charge on any atom is 0.159 e. The van der Waals surface area contributed by atoms with E-state index < -0.39 is 0 Å². The van der Waals surface area contributed by atoms with Gasteiger partial charge in [-0.3, -0.25) is 4.79 Å². The number of carbonyl (C=O) groups is 1. The van der Waals surface area contributed by atoms with Crippen molar-refractivity contribution in [1.82, 2.24) is 9.55 Å². The summed E-state index contributed by atoms with van der Waals surface area (Å²) < 4.78 is 8.52. The number of piperazine rings is 1. The van der Waals surface area contributed by atoms with Crippen molar-refractivity contribution in [2.75, 3.05) is 43.0 Å². The summed E-state index contributed by atoms with van der Waals surface area (Å²) in [5.74, 6) is 0.975. The van der Waals surface area contributed by atoms with Crippen LogP contribution in [0.15, 0.2) is 91.5 Å². The average Bonchev–Trinajstić information content (AvgIpc) is 3.51. The Balaban J connectivity index is 0.00000181. The van der Waals surface area contributed by atoms with E-state index in [-0.39, 0.29) is 11.9 Å². The molecule has 1 atom stereocenters. The lowest BCUT2D eigenvalue weighted by Crippen LogP contribution is -2.46. The molecule has 1 aromatic heterocycles. The molecule has 1 aliphatic heterocycles. The molecule has 2 heterocycles. The Labute approximate surface area is 242 Å². The Morgan fingerprint density at radius 2 is 1.48 bits per heavy atom. The van der Waals surface area contributed by atoms with Crippen LogP contribution in [0.25, 0.3) is 0 Å². The molecule has 0 saturated carbocycles.